The number of nitrogens with two attached hydrogens (primary N) is 1. The third kappa shape index (κ3) is 3.42. The van der Waals surface area contributed by atoms with Gasteiger partial charge in [0, 0.05) is 12.1 Å². The maximum Gasteiger partial charge on any atom is 0.124 e. The molecule has 0 aliphatic carbocycles. The fraction of sp³-hybridized carbons (Fsp3) is 0.538. The average molecular weight is 223 g/mol. The minimum absolute atomic E-state index is 0.465. The molecular weight excluding hydrogens is 202 g/mol. The molecule has 1 aromatic rings. The molecule has 3 heteroatoms. The zero-order chi connectivity index (χ0) is 12.0. The molecule has 0 aromatic heterocycles. The van der Waals surface area contributed by atoms with E-state index in [1.807, 2.05) is 18.2 Å². The van der Waals surface area contributed by atoms with Crippen molar-refractivity contribution < 1.29 is 9.47 Å². The first-order valence-corrected chi connectivity index (χ1v) is 5.71. The van der Waals surface area contributed by atoms with Crippen LogP contribution >= 0.6 is 0 Å². The van der Waals surface area contributed by atoms with Crippen molar-refractivity contribution in [2.75, 3.05) is 13.7 Å². The van der Waals surface area contributed by atoms with Crippen LogP contribution in [0.15, 0.2) is 18.2 Å². The van der Waals surface area contributed by atoms with Crippen LogP contribution in [0.25, 0.3) is 0 Å². The van der Waals surface area contributed by atoms with Gasteiger partial charge in [0.15, 0.2) is 0 Å². The molecule has 1 rings (SSSR count). The molecule has 0 saturated heterocycles. The number of ether oxygens (including phenoxy) is 2. The molecule has 1 unspecified atom stereocenters. The Balaban J connectivity index is 2.71. The van der Waals surface area contributed by atoms with Gasteiger partial charge < -0.3 is 15.2 Å². The Kier molecular flexibility index (Phi) is 5.12. The largest absolute Gasteiger partial charge is 0.497 e. The van der Waals surface area contributed by atoms with Crippen LogP contribution in [-0.4, -0.2) is 13.7 Å². The zero-order valence-electron chi connectivity index (χ0n) is 10.3. The lowest BCUT2D eigenvalue weighted by molar-refractivity contribution is 0.254. The van der Waals surface area contributed by atoms with Crippen molar-refractivity contribution in [3.05, 3.63) is 23.8 Å². The Morgan fingerprint density at radius 2 is 2.12 bits per heavy atom. The molecule has 0 heterocycles. The summed E-state index contributed by atoms with van der Waals surface area (Å²) in [6.07, 6.45) is 1.12. The van der Waals surface area contributed by atoms with Crippen molar-refractivity contribution in [3.63, 3.8) is 0 Å². The van der Waals surface area contributed by atoms with Gasteiger partial charge in [-0.25, -0.2) is 0 Å². The third-order valence-electron chi connectivity index (χ3n) is 2.71. The molecule has 0 aliphatic heterocycles. The Labute approximate surface area is 97.6 Å². The number of rotatable bonds is 6. The molecule has 0 spiro atoms. The summed E-state index contributed by atoms with van der Waals surface area (Å²) in [5.74, 6) is 2.24. The van der Waals surface area contributed by atoms with E-state index in [1.54, 1.807) is 7.11 Å². The minimum Gasteiger partial charge on any atom is -0.497 e. The summed E-state index contributed by atoms with van der Waals surface area (Å²) in [4.78, 5) is 0. The summed E-state index contributed by atoms with van der Waals surface area (Å²) in [7, 11) is 1.65. The van der Waals surface area contributed by atoms with E-state index in [9.17, 15) is 0 Å². The van der Waals surface area contributed by atoms with Gasteiger partial charge in [-0.1, -0.05) is 20.3 Å². The van der Waals surface area contributed by atoms with Gasteiger partial charge >= 0.3 is 0 Å². The van der Waals surface area contributed by atoms with Crippen LogP contribution in [0, 0.1) is 5.92 Å². The second-order valence-corrected chi connectivity index (χ2v) is 4.00. The lowest BCUT2D eigenvalue weighted by Gasteiger charge is -2.14. The van der Waals surface area contributed by atoms with E-state index >= 15 is 0 Å². The molecule has 0 aliphatic rings. The molecule has 16 heavy (non-hydrogen) atoms. The van der Waals surface area contributed by atoms with Gasteiger partial charge in [0.1, 0.15) is 11.5 Å². The standard InChI is InChI=1S/C13H21NO2/c1-4-10(2)9-16-13-6-5-12(15-3)7-11(13)8-14/h5-7,10H,4,8-9,14H2,1-3H3. The molecule has 1 atom stereocenters. The Hall–Kier alpha value is -1.22. The Morgan fingerprint density at radius 1 is 1.38 bits per heavy atom. The van der Waals surface area contributed by atoms with Crippen molar-refractivity contribution in [3.8, 4) is 11.5 Å². The van der Waals surface area contributed by atoms with Gasteiger partial charge in [0.2, 0.25) is 0 Å². The van der Waals surface area contributed by atoms with Gasteiger partial charge in [0.05, 0.1) is 13.7 Å². The van der Waals surface area contributed by atoms with Crippen LogP contribution < -0.4 is 15.2 Å². The van der Waals surface area contributed by atoms with Crippen LogP contribution in [0.4, 0.5) is 0 Å². The molecule has 0 saturated carbocycles. The molecule has 2 N–H and O–H groups in total. The number of methoxy groups -OCH3 is 1. The SMILES string of the molecule is CCC(C)COc1ccc(OC)cc1CN. The van der Waals surface area contributed by atoms with Crippen molar-refractivity contribution in [1.82, 2.24) is 0 Å². The zero-order valence-corrected chi connectivity index (χ0v) is 10.3. The number of hydrogen-bond acceptors (Lipinski definition) is 3. The van der Waals surface area contributed by atoms with Crippen LogP contribution in [-0.2, 0) is 6.54 Å². The van der Waals surface area contributed by atoms with Gasteiger partial charge in [0.25, 0.3) is 0 Å². The first-order valence-electron chi connectivity index (χ1n) is 5.71. The third-order valence-corrected chi connectivity index (χ3v) is 2.71. The summed E-state index contributed by atoms with van der Waals surface area (Å²) < 4.78 is 10.9. The molecule has 1 aromatic carbocycles. The molecule has 0 radical (unpaired) electrons. The smallest absolute Gasteiger partial charge is 0.124 e. The number of hydrogen-bond donors (Lipinski definition) is 1. The summed E-state index contributed by atoms with van der Waals surface area (Å²) in [6, 6.07) is 5.74. The first kappa shape index (κ1) is 12.8. The lowest BCUT2D eigenvalue weighted by atomic mass is 10.1. The maximum atomic E-state index is 5.74. The van der Waals surface area contributed by atoms with Crippen molar-refractivity contribution in [2.24, 2.45) is 11.7 Å². The predicted octanol–water partition coefficient (Wildman–Crippen LogP) is 2.58. The monoisotopic (exact) mass is 223 g/mol. The van der Waals surface area contributed by atoms with Gasteiger partial charge in [-0.3, -0.25) is 0 Å². The van der Waals surface area contributed by atoms with Crippen LogP contribution in [0.3, 0.4) is 0 Å². The highest BCUT2D eigenvalue weighted by Crippen LogP contribution is 2.24. The molecule has 3 nitrogen and oxygen atoms in total. The summed E-state index contributed by atoms with van der Waals surface area (Å²) >= 11 is 0. The van der Waals surface area contributed by atoms with Gasteiger partial charge in [-0.05, 0) is 24.1 Å². The molecule has 0 fully saturated rings. The molecule has 0 bridgehead atoms. The van der Waals surface area contributed by atoms with E-state index in [4.69, 9.17) is 15.2 Å². The van der Waals surface area contributed by atoms with Crippen LogP contribution in [0.1, 0.15) is 25.8 Å². The normalized spacial score (nSPS) is 12.2. The fourth-order valence-corrected chi connectivity index (χ4v) is 1.33. The highest BCUT2D eigenvalue weighted by molar-refractivity contribution is 5.40. The highest BCUT2D eigenvalue weighted by atomic mass is 16.5. The first-order chi connectivity index (χ1) is 7.71. The Bertz CT molecular complexity index is 326. The van der Waals surface area contributed by atoms with Crippen molar-refractivity contribution >= 4 is 0 Å². The second kappa shape index (κ2) is 6.38. The van der Waals surface area contributed by atoms with Gasteiger partial charge in [-0.2, -0.15) is 0 Å². The van der Waals surface area contributed by atoms with E-state index in [0.29, 0.717) is 12.5 Å². The van der Waals surface area contributed by atoms with E-state index in [2.05, 4.69) is 13.8 Å². The predicted molar refractivity (Wildman–Crippen MR) is 65.8 cm³/mol. The van der Waals surface area contributed by atoms with Gasteiger partial charge in [-0.15, -0.1) is 0 Å². The molecule has 0 amide bonds. The van der Waals surface area contributed by atoms with E-state index in [-0.39, 0.29) is 0 Å². The molecule has 90 valence electrons. The molecular formula is C13H21NO2. The lowest BCUT2D eigenvalue weighted by Crippen LogP contribution is -2.09. The summed E-state index contributed by atoms with van der Waals surface area (Å²) in [6.45, 7) is 5.53. The minimum atomic E-state index is 0.465. The second-order valence-electron chi connectivity index (χ2n) is 4.00. The highest BCUT2D eigenvalue weighted by Gasteiger charge is 2.06. The van der Waals surface area contributed by atoms with Crippen molar-refractivity contribution in [2.45, 2.75) is 26.8 Å². The Morgan fingerprint density at radius 3 is 2.69 bits per heavy atom. The van der Waals surface area contributed by atoms with E-state index in [1.165, 1.54) is 0 Å². The quantitative estimate of drug-likeness (QED) is 0.806. The van der Waals surface area contributed by atoms with E-state index in [0.717, 1.165) is 30.1 Å². The topological polar surface area (TPSA) is 44.5 Å². The van der Waals surface area contributed by atoms with E-state index < -0.39 is 0 Å². The summed E-state index contributed by atoms with van der Waals surface area (Å²) in [5.41, 5.74) is 6.67. The van der Waals surface area contributed by atoms with Crippen LogP contribution in [0.2, 0.25) is 0 Å². The number of benzene rings is 1. The van der Waals surface area contributed by atoms with Crippen molar-refractivity contribution in [1.29, 1.82) is 0 Å². The van der Waals surface area contributed by atoms with Crippen LogP contribution in [0.5, 0.6) is 11.5 Å². The average Bonchev–Trinajstić information content (AvgIpc) is 2.35. The maximum absolute atomic E-state index is 5.74. The summed E-state index contributed by atoms with van der Waals surface area (Å²) in [5, 5.41) is 0. The fourth-order valence-electron chi connectivity index (χ4n) is 1.33.